The van der Waals surface area contributed by atoms with Crippen molar-refractivity contribution in [2.24, 2.45) is 0 Å². The first-order chi connectivity index (χ1) is 14.2. The number of hydrogen-bond acceptors (Lipinski definition) is 3. The Hall–Kier alpha value is -3.12. The average Bonchev–Trinajstić information content (AvgIpc) is 2.95. The van der Waals surface area contributed by atoms with Crippen molar-refractivity contribution in [3.8, 4) is 0 Å². The van der Waals surface area contributed by atoms with Crippen molar-refractivity contribution in [2.45, 2.75) is 39.1 Å². The van der Waals surface area contributed by atoms with E-state index in [0.717, 1.165) is 40.1 Å². The van der Waals surface area contributed by atoms with Gasteiger partial charge in [0, 0.05) is 6.54 Å². The fraction of sp³-hybridized carbons (Fsp3) is 0.208. The molecule has 0 spiro atoms. The maximum Gasteiger partial charge on any atom is 0.262 e. The number of fused-ring (bicyclic) bond motifs is 1. The van der Waals surface area contributed by atoms with Crippen LogP contribution in [0.15, 0.2) is 65.6 Å². The van der Waals surface area contributed by atoms with E-state index in [1.165, 1.54) is 5.56 Å². The summed E-state index contributed by atoms with van der Waals surface area (Å²) < 4.78 is 31.0. The number of hydrogen-bond donors (Lipinski definition) is 1. The van der Waals surface area contributed by atoms with Crippen LogP contribution in [0.2, 0.25) is 0 Å². The van der Waals surface area contributed by atoms with Crippen LogP contribution >= 0.6 is 0 Å². The summed E-state index contributed by atoms with van der Waals surface area (Å²) in [5, 5.41) is 0. The molecule has 0 aliphatic carbocycles. The lowest BCUT2D eigenvalue weighted by molar-refractivity contribution is 0.600. The van der Waals surface area contributed by atoms with Gasteiger partial charge in [-0.15, -0.1) is 0 Å². The Balaban J connectivity index is 1.68. The summed E-state index contributed by atoms with van der Waals surface area (Å²) in [6.45, 7) is 8.30. The topological polar surface area (TPSA) is 64.0 Å². The van der Waals surface area contributed by atoms with Gasteiger partial charge in [-0.1, -0.05) is 48.0 Å². The molecule has 154 valence electrons. The molecule has 30 heavy (non-hydrogen) atoms. The highest BCUT2D eigenvalue weighted by molar-refractivity contribution is 7.92. The Morgan fingerprint density at radius 3 is 2.23 bits per heavy atom. The molecule has 0 fully saturated rings. The molecule has 0 aliphatic heterocycles. The van der Waals surface area contributed by atoms with E-state index < -0.39 is 10.0 Å². The van der Waals surface area contributed by atoms with Gasteiger partial charge in [0.15, 0.2) is 0 Å². The summed E-state index contributed by atoms with van der Waals surface area (Å²) >= 11 is 0. The van der Waals surface area contributed by atoms with Crippen LogP contribution in [0, 0.1) is 27.7 Å². The van der Waals surface area contributed by atoms with Gasteiger partial charge in [-0.25, -0.2) is 13.4 Å². The molecule has 0 unspecified atom stereocenters. The third-order valence-corrected chi connectivity index (χ3v) is 6.93. The third-order valence-electron chi connectivity index (χ3n) is 5.25. The van der Waals surface area contributed by atoms with Gasteiger partial charge >= 0.3 is 0 Å². The zero-order chi connectivity index (χ0) is 21.5. The third kappa shape index (κ3) is 3.83. The number of imidazole rings is 1. The SMILES string of the molecule is Cc1cc(C)c(S(=O)(=O)Nc2ccc3c(c2)nc(C)n3Cc2ccccc2)c(C)c1. The van der Waals surface area contributed by atoms with Crippen LogP contribution in [0.5, 0.6) is 0 Å². The molecule has 0 radical (unpaired) electrons. The largest absolute Gasteiger partial charge is 0.324 e. The smallest absolute Gasteiger partial charge is 0.262 e. The molecule has 1 aromatic heterocycles. The maximum absolute atomic E-state index is 13.1. The van der Waals surface area contributed by atoms with E-state index in [1.54, 1.807) is 12.1 Å². The van der Waals surface area contributed by atoms with Crippen molar-refractivity contribution < 1.29 is 8.42 Å². The molecule has 0 amide bonds. The van der Waals surface area contributed by atoms with Crippen molar-refractivity contribution >= 4 is 26.7 Å². The molecule has 6 heteroatoms. The summed E-state index contributed by atoms with van der Waals surface area (Å²) in [6, 6.07) is 19.5. The lowest BCUT2D eigenvalue weighted by atomic mass is 10.1. The van der Waals surface area contributed by atoms with E-state index in [9.17, 15) is 8.42 Å². The number of aryl methyl sites for hydroxylation is 4. The summed E-state index contributed by atoms with van der Waals surface area (Å²) in [4.78, 5) is 4.98. The van der Waals surface area contributed by atoms with Gasteiger partial charge < -0.3 is 4.57 Å². The van der Waals surface area contributed by atoms with Crippen LogP contribution in [0.1, 0.15) is 28.1 Å². The van der Waals surface area contributed by atoms with Crippen molar-refractivity contribution in [3.63, 3.8) is 0 Å². The predicted octanol–water partition coefficient (Wildman–Crippen LogP) is 5.12. The van der Waals surface area contributed by atoms with Gasteiger partial charge in [-0.05, 0) is 62.6 Å². The zero-order valence-corrected chi connectivity index (χ0v) is 18.4. The molecular formula is C24H25N3O2S. The molecule has 1 heterocycles. The van der Waals surface area contributed by atoms with Gasteiger partial charge in [-0.2, -0.15) is 0 Å². The van der Waals surface area contributed by atoms with E-state index in [2.05, 4.69) is 26.4 Å². The minimum atomic E-state index is -3.70. The molecule has 3 aromatic carbocycles. The van der Waals surface area contributed by atoms with E-state index in [1.807, 2.05) is 64.1 Å². The van der Waals surface area contributed by atoms with Crippen molar-refractivity contribution in [2.75, 3.05) is 4.72 Å². The highest BCUT2D eigenvalue weighted by atomic mass is 32.2. The molecule has 0 bridgehead atoms. The molecule has 0 saturated carbocycles. The average molecular weight is 420 g/mol. The summed E-state index contributed by atoms with van der Waals surface area (Å²) in [7, 11) is -3.70. The van der Waals surface area contributed by atoms with Crippen molar-refractivity contribution in [1.29, 1.82) is 0 Å². The number of nitrogens with zero attached hydrogens (tertiary/aromatic N) is 2. The van der Waals surface area contributed by atoms with E-state index >= 15 is 0 Å². The molecule has 4 rings (SSSR count). The van der Waals surface area contributed by atoms with E-state index in [0.29, 0.717) is 10.6 Å². The molecule has 4 aromatic rings. The second kappa shape index (κ2) is 7.61. The Kier molecular flexibility index (Phi) is 5.12. The van der Waals surface area contributed by atoms with Gasteiger partial charge in [0.2, 0.25) is 0 Å². The first-order valence-electron chi connectivity index (χ1n) is 9.86. The molecule has 0 atom stereocenters. The maximum atomic E-state index is 13.1. The van der Waals surface area contributed by atoms with Crippen LogP contribution < -0.4 is 4.72 Å². The monoisotopic (exact) mass is 419 g/mol. The summed E-state index contributed by atoms with van der Waals surface area (Å²) in [5.74, 6) is 0.888. The number of aromatic nitrogens is 2. The standard InChI is InChI=1S/C24H25N3O2S/c1-16-12-17(2)24(18(3)13-16)30(28,29)26-21-10-11-23-22(14-21)25-19(4)27(23)15-20-8-6-5-7-9-20/h5-14,26H,15H2,1-4H3. The van der Waals surface area contributed by atoms with Crippen LogP contribution in [0.25, 0.3) is 11.0 Å². The Labute approximate surface area is 177 Å². The van der Waals surface area contributed by atoms with Crippen LogP contribution in [-0.2, 0) is 16.6 Å². The van der Waals surface area contributed by atoms with E-state index in [4.69, 9.17) is 0 Å². The molecule has 5 nitrogen and oxygen atoms in total. The molecule has 0 aliphatic rings. The van der Waals surface area contributed by atoms with Crippen LogP contribution in [0.4, 0.5) is 5.69 Å². The minimum Gasteiger partial charge on any atom is -0.324 e. The first-order valence-corrected chi connectivity index (χ1v) is 11.3. The van der Waals surface area contributed by atoms with Crippen molar-refractivity contribution in [3.05, 3.63) is 88.7 Å². The number of benzene rings is 3. The van der Waals surface area contributed by atoms with Gasteiger partial charge in [0.25, 0.3) is 10.0 Å². The molecular weight excluding hydrogens is 394 g/mol. The number of rotatable bonds is 5. The predicted molar refractivity (Wildman–Crippen MR) is 121 cm³/mol. The quantitative estimate of drug-likeness (QED) is 0.488. The Morgan fingerprint density at radius 2 is 1.57 bits per heavy atom. The summed E-state index contributed by atoms with van der Waals surface area (Å²) in [5.41, 5.74) is 5.96. The number of nitrogens with one attached hydrogen (secondary N) is 1. The summed E-state index contributed by atoms with van der Waals surface area (Å²) in [6.07, 6.45) is 0. The van der Waals surface area contributed by atoms with Gasteiger partial charge in [0.05, 0.1) is 21.6 Å². The second-order valence-corrected chi connectivity index (χ2v) is 9.39. The lowest BCUT2D eigenvalue weighted by Crippen LogP contribution is -2.16. The fourth-order valence-corrected chi connectivity index (χ4v) is 5.58. The number of anilines is 1. The zero-order valence-electron chi connectivity index (χ0n) is 17.6. The first kappa shape index (κ1) is 20.2. The Morgan fingerprint density at radius 1 is 0.900 bits per heavy atom. The van der Waals surface area contributed by atoms with Gasteiger partial charge in [0.1, 0.15) is 5.82 Å². The highest BCUT2D eigenvalue weighted by Gasteiger charge is 2.20. The normalized spacial score (nSPS) is 11.7. The fourth-order valence-electron chi connectivity index (χ4n) is 4.08. The second-order valence-electron chi connectivity index (χ2n) is 7.77. The van der Waals surface area contributed by atoms with E-state index in [-0.39, 0.29) is 0 Å². The highest BCUT2D eigenvalue weighted by Crippen LogP contribution is 2.27. The Bertz CT molecular complexity index is 1320. The lowest BCUT2D eigenvalue weighted by Gasteiger charge is -2.14. The number of sulfonamides is 1. The van der Waals surface area contributed by atoms with Crippen LogP contribution in [0.3, 0.4) is 0 Å². The van der Waals surface area contributed by atoms with Crippen LogP contribution in [-0.4, -0.2) is 18.0 Å². The minimum absolute atomic E-state index is 0.332. The van der Waals surface area contributed by atoms with Crippen molar-refractivity contribution in [1.82, 2.24) is 9.55 Å². The molecule has 1 N–H and O–H groups in total. The van der Waals surface area contributed by atoms with Gasteiger partial charge in [-0.3, -0.25) is 4.72 Å². The molecule has 0 saturated heterocycles.